The lowest BCUT2D eigenvalue weighted by atomic mass is 10.2. The first-order valence-corrected chi connectivity index (χ1v) is 7.90. The lowest BCUT2D eigenvalue weighted by Gasteiger charge is -2.21. The van der Waals surface area contributed by atoms with E-state index in [1.165, 1.54) is 6.26 Å². The summed E-state index contributed by atoms with van der Waals surface area (Å²) in [6.45, 7) is 2.22. The largest absolute Gasteiger partial charge is 0.459 e. The molecule has 0 saturated carbocycles. The van der Waals surface area contributed by atoms with Crippen molar-refractivity contribution in [2.45, 2.75) is 6.42 Å². The first kappa shape index (κ1) is 15.6. The predicted octanol–water partition coefficient (Wildman–Crippen LogP) is 2.92. The van der Waals surface area contributed by atoms with E-state index in [0.29, 0.717) is 42.5 Å². The van der Waals surface area contributed by atoms with Gasteiger partial charge in [0.25, 0.3) is 11.8 Å². The third kappa shape index (κ3) is 3.56. The zero-order valence-corrected chi connectivity index (χ0v) is 13.3. The summed E-state index contributed by atoms with van der Waals surface area (Å²) < 4.78 is 5.16. The van der Waals surface area contributed by atoms with Gasteiger partial charge in [-0.1, -0.05) is 17.7 Å². The van der Waals surface area contributed by atoms with Gasteiger partial charge in [-0.15, -0.1) is 0 Å². The number of hydrogen-bond donors (Lipinski definition) is 0. The van der Waals surface area contributed by atoms with E-state index in [0.717, 1.165) is 6.42 Å². The Balaban J connectivity index is 1.66. The van der Waals surface area contributed by atoms with Gasteiger partial charge in [-0.2, -0.15) is 0 Å². The fourth-order valence-corrected chi connectivity index (χ4v) is 2.87. The molecule has 3 rings (SSSR count). The molecule has 1 aromatic heterocycles. The number of carbonyl (C=O) groups excluding carboxylic acids is 2. The Labute approximate surface area is 139 Å². The number of nitrogens with zero attached hydrogens (tertiary/aromatic N) is 2. The molecule has 0 aliphatic carbocycles. The molecule has 5 nitrogen and oxygen atoms in total. The first-order chi connectivity index (χ1) is 11.1. The maximum absolute atomic E-state index is 12.6. The quantitative estimate of drug-likeness (QED) is 0.849. The molecular weight excluding hydrogens is 316 g/mol. The second-order valence-electron chi connectivity index (χ2n) is 5.43. The monoisotopic (exact) mass is 332 g/mol. The van der Waals surface area contributed by atoms with Crippen LogP contribution in [-0.4, -0.2) is 47.8 Å². The van der Waals surface area contributed by atoms with Crippen LogP contribution in [0.2, 0.25) is 5.02 Å². The van der Waals surface area contributed by atoms with Gasteiger partial charge < -0.3 is 14.2 Å². The molecule has 0 atom stereocenters. The fraction of sp³-hybridized carbons (Fsp3) is 0.294. The molecule has 0 unspecified atom stereocenters. The lowest BCUT2D eigenvalue weighted by molar-refractivity contribution is 0.0700. The van der Waals surface area contributed by atoms with Gasteiger partial charge in [-0.25, -0.2) is 0 Å². The van der Waals surface area contributed by atoms with Gasteiger partial charge in [0.1, 0.15) is 0 Å². The third-order valence-electron chi connectivity index (χ3n) is 3.87. The molecule has 0 N–H and O–H groups in total. The van der Waals surface area contributed by atoms with E-state index in [4.69, 9.17) is 16.0 Å². The zero-order chi connectivity index (χ0) is 16.2. The summed E-state index contributed by atoms with van der Waals surface area (Å²) in [6.07, 6.45) is 2.22. The molecule has 1 aliphatic heterocycles. The highest BCUT2D eigenvalue weighted by molar-refractivity contribution is 6.30. The second-order valence-corrected chi connectivity index (χ2v) is 5.86. The summed E-state index contributed by atoms with van der Waals surface area (Å²) >= 11 is 5.95. The number of amides is 2. The van der Waals surface area contributed by atoms with Crippen molar-refractivity contribution in [2.75, 3.05) is 26.2 Å². The van der Waals surface area contributed by atoms with Crippen molar-refractivity contribution >= 4 is 23.4 Å². The third-order valence-corrected chi connectivity index (χ3v) is 4.11. The van der Waals surface area contributed by atoms with Crippen LogP contribution in [0.4, 0.5) is 0 Å². The van der Waals surface area contributed by atoms with E-state index in [-0.39, 0.29) is 11.8 Å². The van der Waals surface area contributed by atoms with Gasteiger partial charge in [0.2, 0.25) is 0 Å². The maximum atomic E-state index is 12.6. The molecule has 23 heavy (non-hydrogen) atoms. The maximum Gasteiger partial charge on any atom is 0.289 e. The normalized spacial score (nSPS) is 15.3. The van der Waals surface area contributed by atoms with Crippen molar-refractivity contribution in [3.8, 4) is 0 Å². The van der Waals surface area contributed by atoms with Crippen LogP contribution in [0.3, 0.4) is 0 Å². The van der Waals surface area contributed by atoms with Crippen molar-refractivity contribution < 1.29 is 14.0 Å². The van der Waals surface area contributed by atoms with Crippen LogP contribution in [0, 0.1) is 0 Å². The molecule has 1 fully saturated rings. The first-order valence-electron chi connectivity index (χ1n) is 7.53. The van der Waals surface area contributed by atoms with Crippen LogP contribution in [-0.2, 0) is 0 Å². The van der Waals surface area contributed by atoms with Gasteiger partial charge >= 0.3 is 0 Å². The molecule has 6 heteroatoms. The Bertz CT molecular complexity index is 700. The van der Waals surface area contributed by atoms with Crippen LogP contribution in [0.5, 0.6) is 0 Å². The molecule has 2 aromatic rings. The van der Waals surface area contributed by atoms with E-state index in [9.17, 15) is 9.59 Å². The molecule has 120 valence electrons. The number of carbonyl (C=O) groups is 2. The molecule has 2 heterocycles. The number of halogens is 1. The van der Waals surface area contributed by atoms with E-state index in [2.05, 4.69) is 0 Å². The molecule has 1 aromatic carbocycles. The smallest absolute Gasteiger partial charge is 0.289 e. The predicted molar refractivity (Wildman–Crippen MR) is 86.6 cm³/mol. The van der Waals surface area contributed by atoms with Crippen molar-refractivity contribution in [1.82, 2.24) is 9.80 Å². The van der Waals surface area contributed by atoms with Crippen LogP contribution < -0.4 is 0 Å². The van der Waals surface area contributed by atoms with Crippen molar-refractivity contribution in [3.63, 3.8) is 0 Å². The minimum Gasteiger partial charge on any atom is -0.459 e. The van der Waals surface area contributed by atoms with Crippen molar-refractivity contribution in [1.29, 1.82) is 0 Å². The van der Waals surface area contributed by atoms with Gasteiger partial charge in [0.05, 0.1) is 6.26 Å². The van der Waals surface area contributed by atoms with Gasteiger partial charge in [0, 0.05) is 36.8 Å². The molecule has 1 aliphatic rings. The Morgan fingerprint density at radius 3 is 2.35 bits per heavy atom. The summed E-state index contributed by atoms with van der Waals surface area (Å²) in [7, 11) is 0. The molecule has 1 saturated heterocycles. The Hall–Kier alpha value is -2.27. The van der Waals surface area contributed by atoms with Crippen LogP contribution in [0.15, 0.2) is 47.1 Å². The second kappa shape index (κ2) is 6.87. The van der Waals surface area contributed by atoms with E-state index >= 15 is 0 Å². The van der Waals surface area contributed by atoms with Crippen LogP contribution in [0.25, 0.3) is 0 Å². The lowest BCUT2D eigenvalue weighted by Crippen LogP contribution is -2.37. The van der Waals surface area contributed by atoms with E-state index in [1.807, 2.05) is 0 Å². The summed E-state index contributed by atoms with van der Waals surface area (Å²) in [5.41, 5.74) is 0.573. The van der Waals surface area contributed by atoms with Gasteiger partial charge in [-0.05, 0) is 36.8 Å². The highest BCUT2D eigenvalue weighted by atomic mass is 35.5. The average molecular weight is 333 g/mol. The summed E-state index contributed by atoms with van der Waals surface area (Å²) in [5, 5.41) is 0.542. The van der Waals surface area contributed by atoms with Crippen molar-refractivity contribution in [3.05, 3.63) is 59.0 Å². The minimum atomic E-state index is -0.132. The highest BCUT2D eigenvalue weighted by Crippen LogP contribution is 2.15. The standard InChI is InChI=1S/C17H17ClN2O3/c18-14-5-1-4-13(12-14)16(21)19-7-3-8-20(10-9-19)17(22)15-6-2-11-23-15/h1-2,4-6,11-12H,3,7-10H2. The Morgan fingerprint density at radius 1 is 0.957 bits per heavy atom. The molecular formula is C17H17ClN2O3. The number of benzene rings is 1. The average Bonchev–Trinajstić information content (AvgIpc) is 2.98. The van der Waals surface area contributed by atoms with Crippen LogP contribution in [0.1, 0.15) is 27.3 Å². The number of rotatable bonds is 2. The topological polar surface area (TPSA) is 53.8 Å². The molecule has 0 bridgehead atoms. The summed E-state index contributed by atoms with van der Waals surface area (Å²) in [5.74, 6) is 0.145. The molecule has 2 amide bonds. The van der Waals surface area contributed by atoms with Crippen LogP contribution >= 0.6 is 11.6 Å². The van der Waals surface area contributed by atoms with Gasteiger partial charge in [0.15, 0.2) is 5.76 Å². The zero-order valence-electron chi connectivity index (χ0n) is 12.6. The number of hydrogen-bond acceptors (Lipinski definition) is 3. The highest BCUT2D eigenvalue weighted by Gasteiger charge is 2.24. The fourth-order valence-electron chi connectivity index (χ4n) is 2.68. The Kier molecular flexibility index (Phi) is 4.67. The van der Waals surface area contributed by atoms with E-state index < -0.39 is 0 Å². The minimum absolute atomic E-state index is 0.0557. The number of furan rings is 1. The van der Waals surface area contributed by atoms with Gasteiger partial charge in [-0.3, -0.25) is 9.59 Å². The summed E-state index contributed by atoms with van der Waals surface area (Å²) in [6, 6.07) is 10.3. The van der Waals surface area contributed by atoms with Crippen molar-refractivity contribution in [2.24, 2.45) is 0 Å². The molecule has 0 radical (unpaired) electrons. The Morgan fingerprint density at radius 2 is 1.70 bits per heavy atom. The SMILES string of the molecule is O=C(c1cccc(Cl)c1)N1CCCN(C(=O)c2ccco2)CC1. The summed E-state index contributed by atoms with van der Waals surface area (Å²) in [4.78, 5) is 28.4. The van der Waals surface area contributed by atoms with E-state index in [1.54, 1.807) is 46.2 Å². The molecule has 0 spiro atoms.